The predicted octanol–water partition coefficient (Wildman–Crippen LogP) is 6.51. The highest BCUT2D eigenvalue weighted by atomic mass is 16.1. The molecule has 0 aromatic heterocycles. The predicted molar refractivity (Wildman–Crippen MR) is 115 cm³/mol. The van der Waals surface area contributed by atoms with Crippen molar-refractivity contribution in [2.24, 2.45) is 0 Å². The molecule has 0 aliphatic heterocycles. The van der Waals surface area contributed by atoms with Crippen LogP contribution in [0.4, 0.5) is 0 Å². The molecular weight excluding hydrogens is 340 g/mol. The number of rotatable bonds is 3. The van der Waals surface area contributed by atoms with Crippen LogP contribution in [-0.2, 0) is 0 Å². The molecule has 4 aromatic rings. The van der Waals surface area contributed by atoms with E-state index in [9.17, 15) is 4.79 Å². The maximum atomic E-state index is 13.5. The molecule has 1 aliphatic rings. The Kier molecular flexibility index (Phi) is 3.99. The number of carbonyl (C=O) groups excluding carboxylic acids is 1. The molecule has 0 spiro atoms. The third kappa shape index (κ3) is 2.69. The quantitative estimate of drug-likeness (QED) is 0.408. The second kappa shape index (κ2) is 6.79. The first-order chi connectivity index (χ1) is 13.8. The maximum Gasteiger partial charge on any atom is 0.194 e. The molecule has 1 aliphatic carbocycles. The molecule has 0 bridgehead atoms. The van der Waals surface area contributed by atoms with E-state index in [4.69, 9.17) is 0 Å². The highest BCUT2D eigenvalue weighted by Crippen LogP contribution is 2.43. The molecule has 28 heavy (non-hydrogen) atoms. The van der Waals surface area contributed by atoms with Crippen molar-refractivity contribution in [1.29, 1.82) is 0 Å². The van der Waals surface area contributed by atoms with E-state index in [1.807, 2.05) is 72.8 Å². The average molecular weight is 358 g/mol. The number of fused-ring (bicyclic) bond motifs is 1. The van der Waals surface area contributed by atoms with Gasteiger partial charge >= 0.3 is 0 Å². The van der Waals surface area contributed by atoms with Gasteiger partial charge in [0.25, 0.3) is 0 Å². The second-order valence-electron chi connectivity index (χ2n) is 6.94. The molecule has 5 rings (SSSR count). The minimum Gasteiger partial charge on any atom is -0.289 e. The summed E-state index contributed by atoms with van der Waals surface area (Å²) in [6.07, 6.45) is 0. The lowest BCUT2D eigenvalue weighted by atomic mass is 9.94. The van der Waals surface area contributed by atoms with Crippen molar-refractivity contribution in [3.05, 3.63) is 131 Å². The molecule has 0 radical (unpaired) electrons. The third-order valence-corrected chi connectivity index (χ3v) is 5.24. The molecule has 4 aromatic carbocycles. The zero-order valence-electron chi connectivity index (χ0n) is 15.3. The molecule has 0 unspecified atom stereocenters. The fraction of sp³-hybridized carbons (Fsp3) is 0. The number of carbonyl (C=O) groups is 1. The SMILES string of the molecule is O=C1C(c2ccccc2)=C(c2ccccc2)c2ccc(-c3ccccc3)cc21. The minimum atomic E-state index is 0.0952. The fourth-order valence-corrected chi connectivity index (χ4v) is 3.93. The van der Waals surface area contributed by atoms with Crippen LogP contribution in [0.25, 0.3) is 22.3 Å². The Morgan fingerprint density at radius 1 is 0.393 bits per heavy atom. The minimum absolute atomic E-state index is 0.0952. The van der Waals surface area contributed by atoms with Gasteiger partial charge < -0.3 is 0 Å². The van der Waals surface area contributed by atoms with E-state index >= 15 is 0 Å². The molecule has 0 saturated heterocycles. The lowest BCUT2D eigenvalue weighted by Crippen LogP contribution is -1.98. The van der Waals surface area contributed by atoms with Gasteiger partial charge in [0, 0.05) is 16.7 Å². The topological polar surface area (TPSA) is 17.1 Å². The van der Waals surface area contributed by atoms with Crippen molar-refractivity contribution in [1.82, 2.24) is 0 Å². The van der Waals surface area contributed by atoms with Crippen LogP contribution < -0.4 is 0 Å². The average Bonchev–Trinajstić information content (AvgIpc) is 3.07. The largest absolute Gasteiger partial charge is 0.289 e. The Bertz CT molecular complexity index is 1190. The molecule has 0 saturated carbocycles. The van der Waals surface area contributed by atoms with E-state index in [2.05, 4.69) is 36.4 Å². The standard InChI is InChI=1S/C27H18O/c28-27-24-18-22(19-10-4-1-5-11-19)16-17-23(24)25(20-12-6-2-7-13-20)26(27)21-14-8-3-9-15-21/h1-18H. The van der Waals surface area contributed by atoms with Crippen LogP contribution in [0, 0.1) is 0 Å². The fourth-order valence-electron chi connectivity index (χ4n) is 3.93. The van der Waals surface area contributed by atoms with Crippen molar-refractivity contribution in [2.75, 3.05) is 0 Å². The smallest absolute Gasteiger partial charge is 0.194 e. The van der Waals surface area contributed by atoms with E-state index < -0.39 is 0 Å². The van der Waals surface area contributed by atoms with Gasteiger partial charge in [0.1, 0.15) is 0 Å². The van der Waals surface area contributed by atoms with Crippen LogP contribution in [0.2, 0.25) is 0 Å². The molecule has 0 fully saturated rings. The Labute approximate surface area is 164 Å². The molecular formula is C27H18O. The van der Waals surface area contributed by atoms with Gasteiger partial charge in [-0.1, -0.05) is 103 Å². The lowest BCUT2D eigenvalue weighted by molar-refractivity contribution is 0.105. The van der Waals surface area contributed by atoms with Crippen LogP contribution in [0.15, 0.2) is 109 Å². The number of Topliss-reactive ketones (excluding diaryl/α,β-unsaturated/α-hetero) is 1. The van der Waals surface area contributed by atoms with Crippen LogP contribution in [0.1, 0.15) is 27.0 Å². The van der Waals surface area contributed by atoms with Gasteiger partial charge in [0.05, 0.1) is 0 Å². The van der Waals surface area contributed by atoms with Gasteiger partial charge in [0.2, 0.25) is 0 Å². The summed E-state index contributed by atoms with van der Waals surface area (Å²) in [5, 5.41) is 0. The molecule has 0 heterocycles. The number of benzene rings is 4. The maximum absolute atomic E-state index is 13.5. The van der Waals surface area contributed by atoms with Crippen LogP contribution in [-0.4, -0.2) is 5.78 Å². The summed E-state index contributed by atoms with van der Waals surface area (Å²) in [6, 6.07) is 36.6. The van der Waals surface area contributed by atoms with E-state index in [-0.39, 0.29) is 5.78 Å². The Balaban J connectivity index is 1.73. The summed E-state index contributed by atoms with van der Waals surface area (Å²) >= 11 is 0. The first-order valence-electron chi connectivity index (χ1n) is 9.42. The Morgan fingerprint density at radius 2 is 0.893 bits per heavy atom. The van der Waals surface area contributed by atoms with E-state index in [0.29, 0.717) is 0 Å². The van der Waals surface area contributed by atoms with Crippen molar-refractivity contribution in [2.45, 2.75) is 0 Å². The molecule has 1 heteroatoms. The summed E-state index contributed by atoms with van der Waals surface area (Å²) in [7, 11) is 0. The molecule has 1 nitrogen and oxygen atoms in total. The summed E-state index contributed by atoms with van der Waals surface area (Å²) in [5.41, 5.74) is 7.80. The van der Waals surface area contributed by atoms with Crippen molar-refractivity contribution in [3.63, 3.8) is 0 Å². The van der Waals surface area contributed by atoms with E-state index in [0.717, 1.165) is 44.5 Å². The Hall–Kier alpha value is -3.71. The van der Waals surface area contributed by atoms with E-state index in [1.165, 1.54) is 0 Å². The molecule has 0 atom stereocenters. The highest BCUT2D eigenvalue weighted by molar-refractivity contribution is 6.41. The van der Waals surface area contributed by atoms with Gasteiger partial charge in [-0.05, 0) is 33.9 Å². The first kappa shape index (κ1) is 16.5. The van der Waals surface area contributed by atoms with Crippen LogP contribution in [0.3, 0.4) is 0 Å². The Morgan fingerprint density at radius 3 is 1.46 bits per heavy atom. The van der Waals surface area contributed by atoms with Crippen molar-refractivity contribution >= 4 is 16.9 Å². The lowest BCUT2D eigenvalue weighted by Gasteiger charge is -2.09. The van der Waals surface area contributed by atoms with Crippen LogP contribution in [0.5, 0.6) is 0 Å². The number of allylic oxidation sites excluding steroid dienone is 1. The van der Waals surface area contributed by atoms with Crippen molar-refractivity contribution < 1.29 is 4.79 Å². The molecule has 0 N–H and O–H groups in total. The number of hydrogen-bond acceptors (Lipinski definition) is 1. The first-order valence-corrected chi connectivity index (χ1v) is 9.42. The summed E-state index contributed by atoms with van der Waals surface area (Å²) in [6.45, 7) is 0. The highest BCUT2D eigenvalue weighted by Gasteiger charge is 2.31. The molecule has 132 valence electrons. The van der Waals surface area contributed by atoms with Gasteiger partial charge in [-0.25, -0.2) is 0 Å². The summed E-state index contributed by atoms with van der Waals surface area (Å²) in [5.74, 6) is 0.0952. The monoisotopic (exact) mass is 358 g/mol. The number of hydrogen-bond donors (Lipinski definition) is 0. The third-order valence-electron chi connectivity index (χ3n) is 5.24. The zero-order chi connectivity index (χ0) is 18.9. The second-order valence-corrected chi connectivity index (χ2v) is 6.94. The normalized spacial score (nSPS) is 12.9. The van der Waals surface area contributed by atoms with Gasteiger partial charge in [-0.3, -0.25) is 4.79 Å². The number of ketones is 1. The van der Waals surface area contributed by atoms with Crippen LogP contribution >= 0.6 is 0 Å². The van der Waals surface area contributed by atoms with Gasteiger partial charge in [-0.2, -0.15) is 0 Å². The van der Waals surface area contributed by atoms with Gasteiger partial charge in [0.15, 0.2) is 5.78 Å². The van der Waals surface area contributed by atoms with Gasteiger partial charge in [-0.15, -0.1) is 0 Å². The van der Waals surface area contributed by atoms with Crippen molar-refractivity contribution in [3.8, 4) is 11.1 Å². The summed E-state index contributed by atoms with van der Waals surface area (Å²) in [4.78, 5) is 13.5. The molecule has 0 amide bonds. The van der Waals surface area contributed by atoms with E-state index in [1.54, 1.807) is 0 Å². The summed E-state index contributed by atoms with van der Waals surface area (Å²) < 4.78 is 0. The zero-order valence-corrected chi connectivity index (χ0v) is 15.3.